The van der Waals surface area contributed by atoms with E-state index in [1.54, 1.807) is 7.11 Å². The Balaban J connectivity index is 1.65. The summed E-state index contributed by atoms with van der Waals surface area (Å²) in [5.41, 5.74) is 8.24. The van der Waals surface area contributed by atoms with Crippen LogP contribution in [0.25, 0.3) is 0 Å². The molecule has 0 radical (unpaired) electrons. The smallest absolute Gasteiger partial charge is 0.271 e. The summed E-state index contributed by atoms with van der Waals surface area (Å²) in [5, 5.41) is 16.6. The minimum Gasteiger partial charge on any atom is -0.495 e. The molecule has 1 amide bonds. The highest BCUT2D eigenvalue weighted by atomic mass is 16.5. The Bertz CT molecular complexity index is 1030. The summed E-state index contributed by atoms with van der Waals surface area (Å²) in [6, 6.07) is 6.17. The minimum atomic E-state index is -0.642. The van der Waals surface area contributed by atoms with E-state index in [2.05, 4.69) is 32.5 Å². The van der Waals surface area contributed by atoms with Crippen molar-refractivity contribution in [2.24, 2.45) is 5.73 Å². The van der Waals surface area contributed by atoms with Crippen LogP contribution in [0.15, 0.2) is 18.2 Å². The van der Waals surface area contributed by atoms with E-state index in [1.165, 1.54) is 0 Å². The number of aromatic nitrogens is 2. The molecule has 1 aliphatic heterocycles. The van der Waals surface area contributed by atoms with E-state index in [-0.39, 0.29) is 17.8 Å². The number of hydrogen-bond acceptors (Lipinski definition) is 9. The summed E-state index contributed by atoms with van der Waals surface area (Å²) < 4.78 is 5.59. The number of anilines is 4. The van der Waals surface area contributed by atoms with Crippen molar-refractivity contribution in [2.45, 2.75) is 51.2 Å². The lowest BCUT2D eigenvalue weighted by Crippen LogP contribution is -2.44. The molecule has 1 aliphatic carbocycles. The van der Waals surface area contributed by atoms with E-state index >= 15 is 0 Å². The fourth-order valence-corrected chi connectivity index (χ4v) is 4.69. The average molecular weight is 484 g/mol. The van der Waals surface area contributed by atoms with E-state index in [0.717, 1.165) is 57.5 Å². The number of nitrogens with zero attached hydrogens (tertiary/aromatic N) is 4. The van der Waals surface area contributed by atoms with Gasteiger partial charge in [-0.3, -0.25) is 4.79 Å². The third-order valence-electron chi connectivity index (χ3n) is 6.88. The Morgan fingerprint density at radius 2 is 1.86 bits per heavy atom. The number of likely N-dealkylation sites (N-methyl/N-ethyl adjacent to an activating group) is 1. The molecule has 0 unspecified atom stereocenters. The van der Waals surface area contributed by atoms with Crippen LogP contribution in [0.4, 0.5) is 23.0 Å². The number of hydrogen-bond donors (Lipinski definition) is 4. The zero-order valence-corrected chi connectivity index (χ0v) is 20.9. The molecular formula is C25H37N7O3. The molecule has 2 aliphatic rings. The first-order valence-corrected chi connectivity index (χ1v) is 12.4. The average Bonchev–Trinajstić information content (AvgIpc) is 2.86. The molecule has 35 heavy (non-hydrogen) atoms. The van der Waals surface area contributed by atoms with Crippen LogP contribution < -0.4 is 26.0 Å². The molecular weight excluding hydrogens is 446 g/mol. The number of nitrogens with two attached hydrogens (primary N) is 1. The van der Waals surface area contributed by atoms with Crippen LogP contribution in [0.3, 0.4) is 0 Å². The fourth-order valence-electron chi connectivity index (χ4n) is 4.69. The molecule has 5 N–H and O–H groups in total. The third-order valence-corrected chi connectivity index (χ3v) is 6.88. The highest BCUT2D eigenvalue weighted by Gasteiger charge is 2.24. The van der Waals surface area contributed by atoms with Gasteiger partial charge in [0.1, 0.15) is 11.6 Å². The Hall–Kier alpha value is -3.11. The maximum Gasteiger partial charge on any atom is 0.271 e. The van der Waals surface area contributed by atoms with Gasteiger partial charge in [-0.1, -0.05) is 6.92 Å². The van der Waals surface area contributed by atoms with Gasteiger partial charge in [-0.2, -0.15) is 0 Å². The number of piperazine rings is 1. The van der Waals surface area contributed by atoms with Crippen LogP contribution in [0, 0.1) is 0 Å². The second kappa shape index (κ2) is 11.1. The molecule has 0 bridgehead atoms. The molecule has 1 aromatic carbocycles. The van der Waals surface area contributed by atoms with Gasteiger partial charge in [0.25, 0.3) is 5.91 Å². The van der Waals surface area contributed by atoms with Gasteiger partial charge in [-0.15, -0.1) is 0 Å². The summed E-state index contributed by atoms with van der Waals surface area (Å²) in [6.07, 6.45) is 3.59. The van der Waals surface area contributed by atoms with Crippen LogP contribution in [0.1, 0.15) is 48.8 Å². The van der Waals surface area contributed by atoms with Crippen molar-refractivity contribution in [1.82, 2.24) is 14.9 Å². The first-order chi connectivity index (χ1) is 16.9. The molecule has 4 rings (SSSR count). The van der Waals surface area contributed by atoms with E-state index in [4.69, 9.17) is 15.5 Å². The lowest BCUT2D eigenvalue weighted by atomic mass is 9.93. The van der Waals surface area contributed by atoms with Gasteiger partial charge >= 0.3 is 0 Å². The summed E-state index contributed by atoms with van der Waals surface area (Å²) in [5.74, 6) is 0.920. The van der Waals surface area contributed by atoms with Gasteiger partial charge in [0, 0.05) is 37.9 Å². The Morgan fingerprint density at radius 3 is 2.49 bits per heavy atom. The van der Waals surface area contributed by atoms with E-state index in [0.29, 0.717) is 35.2 Å². The first-order valence-electron chi connectivity index (χ1n) is 12.4. The molecule has 1 aromatic heterocycles. The first kappa shape index (κ1) is 25.0. The number of aryl methyl sites for hydroxylation is 1. The van der Waals surface area contributed by atoms with Crippen molar-refractivity contribution < 1.29 is 14.6 Å². The lowest BCUT2D eigenvalue weighted by Gasteiger charge is -2.34. The SMILES string of the molecule is CCc1nc(C(N)=O)c(Nc2cc(N3CCN(C)CC3)ccc2OC)nc1NC1CCC(O)CC1. The number of methoxy groups -OCH3 is 1. The number of aliphatic hydroxyl groups is 1. The summed E-state index contributed by atoms with van der Waals surface area (Å²) >= 11 is 0. The van der Waals surface area contributed by atoms with Crippen molar-refractivity contribution in [3.63, 3.8) is 0 Å². The van der Waals surface area contributed by atoms with E-state index in [1.807, 2.05) is 25.1 Å². The summed E-state index contributed by atoms with van der Waals surface area (Å²) in [7, 11) is 3.74. The van der Waals surface area contributed by atoms with E-state index in [9.17, 15) is 9.90 Å². The molecule has 0 atom stereocenters. The van der Waals surface area contributed by atoms with Crippen LogP contribution in [0.2, 0.25) is 0 Å². The topological polar surface area (TPSA) is 129 Å². The zero-order valence-electron chi connectivity index (χ0n) is 20.9. The van der Waals surface area contributed by atoms with Crippen molar-refractivity contribution in [3.05, 3.63) is 29.6 Å². The number of ether oxygens (including phenoxy) is 1. The van der Waals surface area contributed by atoms with Gasteiger partial charge in [0.15, 0.2) is 11.5 Å². The van der Waals surface area contributed by atoms with E-state index < -0.39 is 5.91 Å². The van der Waals surface area contributed by atoms with Gasteiger partial charge in [0.2, 0.25) is 0 Å². The number of benzene rings is 1. The largest absolute Gasteiger partial charge is 0.495 e. The fraction of sp³-hybridized carbons (Fsp3) is 0.560. The van der Waals surface area contributed by atoms with Gasteiger partial charge in [-0.05, 0) is 57.4 Å². The minimum absolute atomic E-state index is 0.0959. The molecule has 2 fully saturated rings. The van der Waals surface area contributed by atoms with Crippen LogP contribution in [-0.2, 0) is 6.42 Å². The molecule has 190 valence electrons. The van der Waals surface area contributed by atoms with Crippen molar-refractivity contribution in [3.8, 4) is 5.75 Å². The molecule has 1 saturated carbocycles. The second-order valence-corrected chi connectivity index (χ2v) is 9.38. The van der Waals surface area contributed by atoms with Crippen LogP contribution in [-0.4, -0.2) is 78.4 Å². The van der Waals surface area contributed by atoms with Gasteiger partial charge in [-0.25, -0.2) is 9.97 Å². The Labute approximate surface area is 206 Å². The Kier molecular flexibility index (Phi) is 7.92. The molecule has 2 heterocycles. The molecule has 0 spiro atoms. The highest BCUT2D eigenvalue weighted by molar-refractivity contribution is 5.97. The van der Waals surface area contributed by atoms with Crippen molar-refractivity contribution in [2.75, 3.05) is 55.9 Å². The lowest BCUT2D eigenvalue weighted by molar-refractivity contribution is 0.0996. The van der Waals surface area contributed by atoms with Crippen molar-refractivity contribution in [1.29, 1.82) is 0 Å². The molecule has 1 saturated heterocycles. The number of primary amides is 1. The predicted octanol–water partition coefficient (Wildman–Crippen LogP) is 2.36. The summed E-state index contributed by atoms with van der Waals surface area (Å²) in [6.45, 7) is 5.84. The number of aliphatic hydroxyl groups excluding tert-OH is 1. The molecule has 10 nitrogen and oxygen atoms in total. The highest BCUT2D eigenvalue weighted by Crippen LogP contribution is 2.34. The number of rotatable bonds is 8. The quantitative estimate of drug-likeness (QED) is 0.447. The maximum absolute atomic E-state index is 12.3. The summed E-state index contributed by atoms with van der Waals surface area (Å²) in [4.78, 5) is 26.3. The number of carbonyl (C=O) groups excluding carboxylic acids is 1. The molecule has 2 aromatic rings. The number of amides is 1. The van der Waals surface area contributed by atoms with Crippen LogP contribution >= 0.6 is 0 Å². The van der Waals surface area contributed by atoms with Crippen molar-refractivity contribution >= 4 is 28.9 Å². The standard InChI is InChI=1S/C25H37N7O3/c1-4-19-24(27-16-5-8-18(33)9-6-16)30-25(22(28-19)23(26)34)29-20-15-17(7-10-21(20)35-3)32-13-11-31(2)12-14-32/h7,10,15-16,18,33H,4-6,8-9,11-14H2,1-3H3,(H2,26,34)(H2,27,29,30). The number of carbonyl (C=O) groups is 1. The molecule has 10 heteroatoms. The normalized spacial score (nSPS) is 21.0. The number of nitrogens with one attached hydrogen (secondary N) is 2. The van der Waals surface area contributed by atoms with Gasteiger partial charge in [0.05, 0.1) is 24.6 Å². The maximum atomic E-state index is 12.3. The third kappa shape index (κ3) is 5.94. The van der Waals surface area contributed by atoms with Gasteiger partial charge < -0.3 is 36.0 Å². The van der Waals surface area contributed by atoms with Crippen LogP contribution in [0.5, 0.6) is 5.75 Å². The zero-order chi connectivity index (χ0) is 24.9. The second-order valence-electron chi connectivity index (χ2n) is 9.38. The Morgan fingerprint density at radius 1 is 1.14 bits per heavy atom. The predicted molar refractivity (Wildman–Crippen MR) is 138 cm³/mol. The monoisotopic (exact) mass is 483 g/mol.